The highest BCUT2D eigenvalue weighted by Gasteiger charge is 2.45. The maximum absolute atomic E-state index is 13.3. The van der Waals surface area contributed by atoms with E-state index in [1.807, 2.05) is 24.3 Å². The lowest BCUT2D eigenvalue weighted by molar-refractivity contribution is -0.151. The largest absolute Gasteiger partial charge is 0.497 e. The summed E-state index contributed by atoms with van der Waals surface area (Å²) in [4.78, 5) is 40.6. The number of esters is 1. The van der Waals surface area contributed by atoms with Gasteiger partial charge in [0.25, 0.3) is 5.91 Å². The molecule has 2 fully saturated rings. The van der Waals surface area contributed by atoms with E-state index in [1.54, 1.807) is 18.1 Å². The fourth-order valence-electron chi connectivity index (χ4n) is 5.46. The van der Waals surface area contributed by atoms with Crippen LogP contribution in [0.1, 0.15) is 57.0 Å². The molecule has 2 amide bonds. The number of hydrogen-bond donors (Lipinski definition) is 2. The summed E-state index contributed by atoms with van der Waals surface area (Å²) in [6.45, 7) is 6.78. The smallest absolute Gasteiger partial charge is 0.310 e. The van der Waals surface area contributed by atoms with Gasteiger partial charge in [0.15, 0.2) is 5.76 Å². The molecule has 0 radical (unpaired) electrons. The molecule has 200 valence electrons. The molecule has 1 saturated heterocycles. The summed E-state index contributed by atoms with van der Waals surface area (Å²) in [5, 5.41) is 6.40. The maximum atomic E-state index is 13.3. The minimum atomic E-state index is -0.661. The van der Waals surface area contributed by atoms with E-state index >= 15 is 0 Å². The quantitative estimate of drug-likeness (QED) is 0.549. The van der Waals surface area contributed by atoms with Crippen molar-refractivity contribution in [2.75, 3.05) is 20.8 Å². The number of nitrogens with zero attached hydrogens (tertiary/aromatic N) is 1. The van der Waals surface area contributed by atoms with Crippen LogP contribution < -0.4 is 15.4 Å². The van der Waals surface area contributed by atoms with Crippen molar-refractivity contribution in [3.8, 4) is 16.9 Å². The molecule has 1 saturated carbocycles. The van der Waals surface area contributed by atoms with Gasteiger partial charge >= 0.3 is 5.97 Å². The van der Waals surface area contributed by atoms with Crippen LogP contribution in [-0.4, -0.2) is 67.1 Å². The lowest BCUT2D eigenvalue weighted by Crippen LogP contribution is -2.55. The average Bonchev–Trinajstić information content (AvgIpc) is 3.50. The second-order valence-electron chi connectivity index (χ2n) is 10.9. The number of likely N-dealkylation sites (tertiary alicyclic amines) is 1. The Kier molecular flexibility index (Phi) is 7.92. The first-order chi connectivity index (χ1) is 17.6. The Morgan fingerprint density at radius 3 is 2.43 bits per heavy atom. The molecular weight excluding hydrogens is 474 g/mol. The third-order valence-corrected chi connectivity index (χ3v) is 7.15. The van der Waals surface area contributed by atoms with Crippen molar-refractivity contribution in [1.82, 2.24) is 15.5 Å². The molecule has 2 N–H and O–H groups in total. The molecule has 2 heterocycles. The average molecular weight is 512 g/mol. The molecule has 1 aliphatic carbocycles. The van der Waals surface area contributed by atoms with Crippen molar-refractivity contribution in [2.45, 2.75) is 70.1 Å². The van der Waals surface area contributed by atoms with Crippen LogP contribution >= 0.6 is 0 Å². The number of carbonyl (C=O) groups is 3. The van der Waals surface area contributed by atoms with Gasteiger partial charge in [-0.2, -0.15) is 0 Å². The topological polar surface area (TPSA) is 110 Å². The van der Waals surface area contributed by atoms with Crippen LogP contribution in [0.4, 0.5) is 0 Å². The molecule has 0 unspecified atom stereocenters. The Morgan fingerprint density at radius 2 is 1.78 bits per heavy atom. The van der Waals surface area contributed by atoms with Gasteiger partial charge in [-0.3, -0.25) is 14.4 Å². The second-order valence-corrected chi connectivity index (χ2v) is 10.9. The molecule has 1 aromatic heterocycles. The molecule has 1 aliphatic heterocycles. The van der Waals surface area contributed by atoms with Gasteiger partial charge in [0.1, 0.15) is 11.8 Å². The van der Waals surface area contributed by atoms with Crippen molar-refractivity contribution < 1.29 is 28.3 Å². The molecule has 4 rings (SSSR count). The summed E-state index contributed by atoms with van der Waals surface area (Å²) in [5.74, 6) is -0.443. The van der Waals surface area contributed by atoms with E-state index in [-0.39, 0.29) is 35.3 Å². The third kappa shape index (κ3) is 6.15. The molecule has 1 aromatic carbocycles. The Balaban J connectivity index is 1.40. The minimum absolute atomic E-state index is 0.0733. The third-order valence-electron chi connectivity index (χ3n) is 7.15. The molecular formula is C28H37N3O6. The number of furan rings is 1. The number of methoxy groups -OCH3 is 2. The SMILES string of the molecule is COC(=O)[C@@H]1C[C@H](NC(C)(C)C)CC[C@@H]1N1CC[C@H](NC(=O)c2cc(-c3ccc(OC)cc3)co2)C1=O. The van der Waals surface area contributed by atoms with E-state index < -0.39 is 17.9 Å². The number of rotatable bonds is 7. The number of ether oxygens (including phenoxy) is 2. The van der Waals surface area contributed by atoms with Crippen molar-refractivity contribution in [3.05, 3.63) is 42.4 Å². The summed E-state index contributed by atoms with van der Waals surface area (Å²) in [6.07, 6.45) is 4.16. The van der Waals surface area contributed by atoms with Crippen molar-refractivity contribution in [2.24, 2.45) is 5.92 Å². The highest BCUT2D eigenvalue weighted by Crippen LogP contribution is 2.33. The summed E-state index contributed by atoms with van der Waals surface area (Å²) >= 11 is 0. The summed E-state index contributed by atoms with van der Waals surface area (Å²) in [7, 11) is 2.99. The van der Waals surface area contributed by atoms with Gasteiger partial charge in [-0.1, -0.05) is 12.1 Å². The fourth-order valence-corrected chi connectivity index (χ4v) is 5.46. The predicted octanol–water partition coefficient (Wildman–Crippen LogP) is 3.38. The van der Waals surface area contributed by atoms with Crippen LogP contribution in [0.2, 0.25) is 0 Å². The van der Waals surface area contributed by atoms with E-state index in [1.165, 1.54) is 13.4 Å². The lowest BCUT2D eigenvalue weighted by Gasteiger charge is -2.41. The summed E-state index contributed by atoms with van der Waals surface area (Å²) in [6, 6.07) is 8.36. The molecule has 0 spiro atoms. The molecule has 37 heavy (non-hydrogen) atoms. The van der Waals surface area contributed by atoms with Crippen molar-refractivity contribution in [3.63, 3.8) is 0 Å². The molecule has 2 aliphatic rings. The zero-order valence-electron chi connectivity index (χ0n) is 22.2. The van der Waals surface area contributed by atoms with E-state index in [0.29, 0.717) is 25.8 Å². The number of amides is 2. The Labute approximate surface area is 217 Å². The molecule has 2 aromatic rings. The minimum Gasteiger partial charge on any atom is -0.497 e. The van der Waals surface area contributed by atoms with E-state index in [2.05, 4.69) is 31.4 Å². The lowest BCUT2D eigenvalue weighted by atomic mass is 9.80. The van der Waals surface area contributed by atoms with Gasteiger partial charge < -0.3 is 29.4 Å². The molecule has 0 bridgehead atoms. The Hall–Kier alpha value is -3.33. The van der Waals surface area contributed by atoms with Gasteiger partial charge in [-0.25, -0.2) is 0 Å². The van der Waals surface area contributed by atoms with Crippen LogP contribution in [0.25, 0.3) is 11.1 Å². The van der Waals surface area contributed by atoms with Gasteiger partial charge in [-0.15, -0.1) is 0 Å². The predicted molar refractivity (Wildman–Crippen MR) is 138 cm³/mol. The van der Waals surface area contributed by atoms with Gasteiger partial charge in [0, 0.05) is 29.7 Å². The van der Waals surface area contributed by atoms with E-state index in [9.17, 15) is 14.4 Å². The van der Waals surface area contributed by atoms with Crippen LogP contribution in [0.15, 0.2) is 41.0 Å². The van der Waals surface area contributed by atoms with Gasteiger partial charge in [-0.05, 0) is 70.2 Å². The molecule has 4 atom stereocenters. The first-order valence-electron chi connectivity index (χ1n) is 12.8. The number of carbonyl (C=O) groups excluding carboxylic acids is 3. The first kappa shape index (κ1) is 26.7. The zero-order chi connectivity index (χ0) is 26.7. The van der Waals surface area contributed by atoms with Crippen LogP contribution in [0.5, 0.6) is 5.75 Å². The van der Waals surface area contributed by atoms with Crippen LogP contribution in [-0.2, 0) is 14.3 Å². The highest BCUT2D eigenvalue weighted by atomic mass is 16.5. The normalized spacial score (nSPS) is 24.1. The standard InChI is InChI=1S/C28H37N3O6/c1-28(2,3)30-19-8-11-23(21(15-19)27(34)36-5)31-13-12-22(26(31)33)29-25(32)24-14-18(16-37-24)17-6-9-20(35-4)10-7-17/h6-7,9-10,14,16,19,21-23,30H,8,11-13,15H2,1-5H3,(H,29,32)/t19-,21-,22+,23+/m1/s1. The van der Waals surface area contributed by atoms with E-state index in [4.69, 9.17) is 13.9 Å². The van der Waals surface area contributed by atoms with Crippen molar-refractivity contribution >= 4 is 17.8 Å². The summed E-state index contributed by atoms with van der Waals surface area (Å²) < 4.78 is 15.8. The fraction of sp³-hybridized carbons (Fsp3) is 0.536. The van der Waals surface area contributed by atoms with Gasteiger partial charge in [0.2, 0.25) is 5.91 Å². The number of hydrogen-bond acceptors (Lipinski definition) is 7. The van der Waals surface area contributed by atoms with Crippen molar-refractivity contribution in [1.29, 1.82) is 0 Å². The highest BCUT2D eigenvalue weighted by molar-refractivity contribution is 5.97. The van der Waals surface area contributed by atoms with E-state index in [0.717, 1.165) is 23.3 Å². The Bertz CT molecular complexity index is 1120. The molecule has 9 heteroatoms. The second kappa shape index (κ2) is 11.0. The molecule has 9 nitrogen and oxygen atoms in total. The first-order valence-corrected chi connectivity index (χ1v) is 12.8. The Morgan fingerprint density at radius 1 is 1.05 bits per heavy atom. The summed E-state index contributed by atoms with van der Waals surface area (Å²) in [5.41, 5.74) is 1.57. The monoisotopic (exact) mass is 511 g/mol. The number of nitrogens with one attached hydrogen (secondary N) is 2. The van der Waals surface area contributed by atoms with Crippen LogP contribution in [0, 0.1) is 5.92 Å². The van der Waals surface area contributed by atoms with Gasteiger partial charge in [0.05, 0.1) is 26.4 Å². The number of benzene rings is 1. The maximum Gasteiger partial charge on any atom is 0.310 e. The zero-order valence-corrected chi connectivity index (χ0v) is 22.2. The van der Waals surface area contributed by atoms with Crippen LogP contribution in [0.3, 0.4) is 0 Å².